The first kappa shape index (κ1) is 14.1. The van der Waals surface area contributed by atoms with E-state index < -0.39 is 0 Å². The molecule has 0 saturated carbocycles. The molecule has 3 rings (SSSR count). The van der Waals surface area contributed by atoms with Crippen molar-refractivity contribution in [1.82, 2.24) is 10.2 Å². The molecule has 112 valence electrons. The van der Waals surface area contributed by atoms with Gasteiger partial charge in [-0.2, -0.15) is 0 Å². The summed E-state index contributed by atoms with van der Waals surface area (Å²) in [5, 5.41) is 4.37. The van der Waals surface area contributed by atoms with Crippen LogP contribution >= 0.6 is 0 Å². The van der Waals surface area contributed by atoms with Crippen LogP contribution in [0.4, 0.5) is 0 Å². The number of piperazine rings is 1. The van der Waals surface area contributed by atoms with Crippen LogP contribution in [0.5, 0.6) is 0 Å². The Hall–Kier alpha value is -1.81. The van der Waals surface area contributed by atoms with Crippen molar-refractivity contribution < 1.29 is 9.21 Å². The van der Waals surface area contributed by atoms with Gasteiger partial charge in [0.05, 0.1) is 12.7 Å². The van der Waals surface area contributed by atoms with Crippen LogP contribution in [0, 0.1) is 13.8 Å². The van der Waals surface area contributed by atoms with Crippen LogP contribution < -0.4 is 5.32 Å². The van der Waals surface area contributed by atoms with Crippen LogP contribution in [0.3, 0.4) is 0 Å². The number of hydrogen-bond acceptors (Lipinski definition) is 3. The minimum Gasteiger partial charge on any atom is -0.464 e. The first-order valence-corrected chi connectivity index (χ1v) is 7.54. The summed E-state index contributed by atoms with van der Waals surface area (Å²) in [7, 11) is 0. The van der Waals surface area contributed by atoms with Crippen LogP contribution in [-0.4, -0.2) is 36.5 Å². The number of rotatable bonds is 2. The van der Waals surface area contributed by atoms with E-state index in [2.05, 4.69) is 38.2 Å². The first-order chi connectivity index (χ1) is 10.1. The molecule has 0 unspecified atom stereocenters. The number of carbonyl (C=O) groups excluding carboxylic acids is 1. The molecular weight excluding hydrogens is 264 g/mol. The Kier molecular flexibility index (Phi) is 3.72. The normalized spacial score (nSPS) is 19.2. The van der Waals surface area contributed by atoms with E-state index in [9.17, 15) is 4.79 Å². The van der Waals surface area contributed by atoms with Crippen molar-refractivity contribution in [1.29, 1.82) is 0 Å². The third kappa shape index (κ3) is 2.56. The lowest BCUT2D eigenvalue weighted by molar-refractivity contribution is -0.133. The van der Waals surface area contributed by atoms with E-state index in [1.165, 1.54) is 5.56 Å². The Labute approximate surface area is 125 Å². The number of nitrogens with one attached hydrogen (secondary N) is 1. The zero-order valence-corrected chi connectivity index (χ0v) is 12.9. The summed E-state index contributed by atoms with van der Waals surface area (Å²) in [5.41, 5.74) is 4.27. The Morgan fingerprint density at radius 2 is 2.24 bits per heavy atom. The zero-order chi connectivity index (χ0) is 15.0. The van der Waals surface area contributed by atoms with Crippen molar-refractivity contribution in [2.24, 2.45) is 0 Å². The molecule has 2 aromatic rings. The average molecular weight is 286 g/mol. The summed E-state index contributed by atoms with van der Waals surface area (Å²) in [6, 6.07) is 4.41. The number of carbonyl (C=O) groups is 1. The van der Waals surface area contributed by atoms with E-state index in [-0.39, 0.29) is 11.9 Å². The zero-order valence-electron chi connectivity index (χ0n) is 12.9. The molecule has 4 nitrogen and oxygen atoms in total. The fourth-order valence-electron chi connectivity index (χ4n) is 3.00. The van der Waals surface area contributed by atoms with E-state index >= 15 is 0 Å². The van der Waals surface area contributed by atoms with Crippen molar-refractivity contribution in [3.05, 3.63) is 35.1 Å². The van der Waals surface area contributed by atoms with E-state index in [1.807, 2.05) is 4.90 Å². The summed E-state index contributed by atoms with van der Waals surface area (Å²) < 4.78 is 5.69. The van der Waals surface area contributed by atoms with Crippen molar-refractivity contribution in [2.75, 3.05) is 19.6 Å². The van der Waals surface area contributed by atoms with Gasteiger partial charge in [0.25, 0.3) is 0 Å². The highest BCUT2D eigenvalue weighted by Crippen LogP contribution is 2.27. The number of fused-ring (bicyclic) bond motifs is 1. The molecule has 1 amide bonds. The smallest absolute Gasteiger partial charge is 0.227 e. The molecule has 1 N–H and O–H groups in total. The van der Waals surface area contributed by atoms with Crippen molar-refractivity contribution in [3.8, 4) is 0 Å². The van der Waals surface area contributed by atoms with Gasteiger partial charge in [0, 0.05) is 36.6 Å². The van der Waals surface area contributed by atoms with Crippen LogP contribution in [0.2, 0.25) is 0 Å². The minimum absolute atomic E-state index is 0.185. The summed E-state index contributed by atoms with van der Waals surface area (Å²) in [5.74, 6) is 0.185. The molecule has 1 saturated heterocycles. The summed E-state index contributed by atoms with van der Waals surface area (Å²) in [6.45, 7) is 8.76. The van der Waals surface area contributed by atoms with Crippen LogP contribution in [0.25, 0.3) is 11.0 Å². The van der Waals surface area contributed by atoms with E-state index in [0.717, 1.165) is 41.7 Å². The lowest BCUT2D eigenvalue weighted by Crippen LogP contribution is -2.52. The summed E-state index contributed by atoms with van der Waals surface area (Å²) in [4.78, 5) is 14.5. The van der Waals surface area contributed by atoms with Gasteiger partial charge in [-0.05, 0) is 31.9 Å². The molecule has 21 heavy (non-hydrogen) atoms. The first-order valence-electron chi connectivity index (χ1n) is 7.54. The average Bonchev–Trinajstić information content (AvgIpc) is 2.87. The van der Waals surface area contributed by atoms with Crippen molar-refractivity contribution in [2.45, 2.75) is 33.2 Å². The maximum absolute atomic E-state index is 12.5. The van der Waals surface area contributed by atoms with Gasteiger partial charge in [0.1, 0.15) is 5.58 Å². The van der Waals surface area contributed by atoms with E-state index in [4.69, 9.17) is 4.42 Å². The Morgan fingerprint density at radius 1 is 1.43 bits per heavy atom. The van der Waals surface area contributed by atoms with Gasteiger partial charge in [-0.25, -0.2) is 0 Å². The van der Waals surface area contributed by atoms with Gasteiger partial charge < -0.3 is 14.6 Å². The van der Waals surface area contributed by atoms with Crippen molar-refractivity contribution >= 4 is 16.9 Å². The number of benzene rings is 1. The summed E-state index contributed by atoms with van der Waals surface area (Å²) in [6.07, 6.45) is 2.15. The van der Waals surface area contributed by atoms with Gasteiger partial charge in [-0.15, -0.1) is 0 Å². The fraction of sp³-hybridized carbons (Fsp3) is 0.471. The lowest BCUT2D eigenvalue weighted by Gasteiger charge is -2.34. The molecule has 0 spiro atoms. The largest absolute Gasteiger partial charge is 0.464 e. The highest BCUT2D eigenvalue weighted by molar-refractivity contribution is 5.89. The maximum atomic E-state index is 12.5. The van der Waals surface area contributed by atoms with Crippen molar-refractivity contribution in [3.63, 3.8) is 0 Å². The molecule has 0 bridgehead atoms. The molecule has 1 aromatic heterocycles. The minimum atomic E-state index is 0.185. The SMILES string of the molecule is Cc1ccc2c(CC(=O)N3CCNC[C@H]3C)coc2c1C. The second-order valence-electron chi connectivity index (χ2n) is 5.96. The van der Waals surface area contributed by atoms with E-state index in [0.29, 0.717) is 6.42 Å². The quantitative estimate of drug-likeness (QED) is 0.922. The van der Waals surface area contributed by atoms with Gasteiger partial charge in [-0.1, -0.05) is 12.1 Å². The Balaban J connectivity index is 1.85. The topological polar surface area (TPSA) is 45.5 Å². The molecule has 1 aliphatic rings. The Bertz CT molecular complexity index is 675. The third-order valence-electron chi connectivity index (χ3n) is 4.51. The number of furan rings is 1. The monoisotopic (exact) mass is 286 g/mol. The van der Waals surface area contributed by atoms with Crippen LogP contribution in [0.1, 0.15) is 23.6 Å². The molecule has 2 heterocycles. The second-order valence-corrected chi connectivity index (χ2v) is 5.96. The van der Waals surface area contributed by atoms with Gasteiger partial charge in [-0.3, -0.25) is 4.79 Å². The second kappa shape index (κ2) is 5.53. The third-order valence-corrected chi connectivity index (χ3v) is 4.51. The fourth-order valence-corrected chi connectivity index (χ4v) is 3.00. The molecule has 1 aromatic carbocycles. The molecule has 0 aliphatic carbocycles. The van der Waals surface area contributed by atoms with E-state index in [1.54, 1.807) is 6.26 Å². The predicted molar refractivity (Wildman–Crippen MR) is 83.4 cm³/mol. The lowest BCUT2D eigenvalue weighted by atomic mass is 10.0. The molecular formula is C17H22N2O2. The molecule has 1 atom stereocenters. The molecule has 4 heteroatoms. The number of amides is 1. The molecule has 1 fully saturated rings. The Morgan fingerprint density at radius 3 is 3.00 bits per heavy atom. The number of aryl methyl sites for hydroxylation is 2. The van der Waals surface area contributed by atoms with Gasteiger partial charge in [0.2, 0.25) is 5.91 Å². The summed E-state index contributed by atoms with van der Waals surface area (Å²) >= 11 is 0. The number of hydrogen-bond donors (Lipinski definition) is 1. The highest BCUT2D eigenvalue weighted by Gasteiger charge is 2.24. The molecule has 1 aliphatic heterocycles. The van der Waals surface area contributed by atoms with Crippen LogP contribution in [0.15, 0.2) is 22.8 Å². The molecule has 0 radical (unpaired) electrons. The van der Waals surface area contributed by atoms with Gasteiger partial charge >= 0.3 is 0 Å². The maximum Gasteiger partial charge on any atom is 0.227 e. The predicted octanol–water partition coefficient (Wildman–Crippen LogP) is 2.41. The highest BCUT2D eigenvalue weighted by atomic mass is 16.3. The number of nitrogens with zero attached hydrogens (tertiary/aromatic N) is 1. The standard InChI is InChI=1S/C17H22N2O2/c1-11-4-5-15-14(10-21-17(15)13(11)3)8-16(20)19-7-6-18-9-12(19)2/h4-5,10,12,18H,6-9H2,1-3H3/t12-/m1/s1. The van der Waals surface area contributed by atoms with Crippen LogP contribution in [-0.2, 0) is 11.2 Å². The van der Waals surface area contributed by atoms with Gasteiger partial charge in [0.15, 0.2) is 0 Å².